The minimum Gasteiger partial charge on any atom is -0.324 e. The van der Waals surface area contributed by atoms with E-state index in [1.54, 1.807) is 6.07 Å². The number of benzene rings is 1. The van der Waals surface area contributed by atoms with Crippen molar-refractivity contribution in [1.29, 1.82) is 0 Å². The number of rotatable bonds is 2. The molecule has 1 nitrogen and oxygen atoms in total. The van der Waals surface area contributed by atoms with Crippen LogP contribution in [-0.4, -0.2) is 6.04 Å². The van der Waals surface area contributed by atoms with Crippen LogP contribution in [0.3, 0.4) is 0 Å². The van der Waals surface area contributed by atoms with Crippen molar-refractivity contribution < 1.29 is 4.39 Å². The van der Waals surface area contributed by atoms with Crippen molar-refractivity contribution in [2.45, 2.75) is 31.7 Å². The van der Waals surface area contributed by atoms with Gasteiger partial charge in [0.1, 0.15) is 5.82 Å². The summed E-state index contributed by atoms with van der Waals surface area (Å²) in [6.45, 7) is 0. The molecule has 1 unspecified atom stereocenters. The molecule has 1 aliphatic rings. The SMILES string of the molecule is NC1C=C(Cc2cccc(F)c2Cl)CCC1. The van der Waals surface area contributed by atoms with E-state index < -0.39 is 0 Å². The van der Waals surface area contributed by atoms with E-state index in [-0.39, 0.29) is 16.9 Å². The molecule has 3 heteroatoms. The maximum absolute atomic E-state index is 13.2. The summed E-state index contributed by atoms with van der Waals surface area (Å²) in [5.41, 5.74) is 7.98. The zero-order valence-electron chi connectivity index (χ0n) is 9.05. The zero-order valence-corrected chi connectivity index (χ0v) is 9.80. The summed E-state index contributed by atoms with van der Waals surface area (Å²) in [5, 5.41) is 0.238. The lowest BCUT2D eigenvalue weighted by Crippen LogP contribution is -2.20. The van der Waals surface area contributed by atoms with E-state index in [0.717, 1.165) is 24.8 Å². The van der Waals surface area contributed by atoms with Crippen LogP contribution in [0.25, 0.3) is 0 Å². The number of allylic oxidation sites excluding steroid dienone is 1. The number of hydrogen-bond donors (Lipinski definition) is 1. The molecule has 0 radical (unpaired) electrons. The summed E-state index contributed by atoms with van der Waals surface area (Å²) >= 11 is 5.92. The van der Waals surface area contributed by atoms with Crippen molar-refractivity contribution >= 4 is 11.6 Å². The van der Waals surface area contributed by atoms with Gasteiger partial charge in [0.25, 0.3) is 0 Å². The Morgan fingerprint density at radius 2 is 2.25 bits per heavy atom. The second-order valence-corrected chi connectivity index (χ2v) is 4.65. The van der Waals surface area contributed by atoms with Crippen molar-refractivity contribution in [1.82, 2.24) is 0 Å². The molecule has 0 spiro atoms. The van der Waals surface area contributed by atoms with Gasteiger partial charge in [0.15, 0.2) is 0 Å². The monoisotopic (exact) mass is 239 g/mol. The fraction of sp³-hybridized carbons (Fsp3) is 0.385. The first-order valence-electron chi connectivity index (χ1n) is 5.55. The summed E-state index contributed by atoms with van der Waals surface area (Å²) in [4.78, 5) is 0. The van der Waals surface area contributed by atoms with Gasteiger partial charge in [-0.2, -0.15) is 0 Å². The molecule has 0 aliphatic heterocycles. The fourth-order valence-corrected chi connectivity index (χ4v) is 2.30. The van der Waals surface area contributed by atoms with E-state index >= 15 is 0 Å². The smallest absolute Gasteiger partial charge is 0.142 e. The largest absolute Gasteiger partial charge is 0.324 e. The first kappa shape index (κ1) is 11.6. The first-order valence-corrected chi connectivity index (χ1v) is 5.92. The molecule has 0 bridgehead atoms. The lowest BCUT2D eigenvalue weighted by molar-refractivity contribution is 0.613. The Morgan fingerprint density at radius 3 is 3.00 bits per heavy atom. The molecule has 2 N–H and O–H groups in total. The Bertz CT molecular complexity index is 414. The quantitative estimate of drug-likeness (QED) is 0.786. The van der Waals surface area contributed by atoms with Gasteiger partial charge in [0.2, 0.25) is 0 Å². The standard InChI is InChI=1S/C13H15ClFN/c14-13-10(4-2-6-12(13)15)7-9-3-1-5-11(16)8-9/h2,4,6,8,11H,1,3,5,7,16H2. The number of nitrogens with two attached hydrogens (primary N) is 1. The summed E-state index contributed by atoms with van der Waals surface area (Å²) in [6.07, 6.45) is 6.00. The Labute approximate surface area is 100 Å². The van der Waals surface area contributed by atoms with Gasteiger partial charge in [-0.15, -0.1) is 0 Å². The maximum Gasteiger partial charge on any atom is 0.142 e. The molecule has 86 valence electrons. The molecule has 1 aliphatic carbocycles. The second kappa shape index (κ2) is 4.98. The highest BCUT2D eigenvalue weighted by Gasteiger charge is 2.12. The molecule has 1 atom stereocenters. The van der Waals surface area contributed by atoms with Gasteiger partial charge in [-0.25, -0.2) is 4.39 Å². The molecule has 1 aromatic rings. The lowest BCUT2D eigenvalue weighted by Gasteiger charge is -2.18. The molecule has 0 fully saturated rings. The Balaban J connectivity index is 2.17. The zero-order chi connectivity index (χ0) is 11.5. The van der Waals surface area contributed by atoms with Crippen molar-refractivity contribution in [3.63, 3.8) is 0 Å². The lowest BCUT2D eigenvalue weighted by atomic mass is 9.92. The topological polar surface area (TPSA) is 26.0 Å². The summed E-state index contributed by atoms with van der Waals surface area (Å²) in [5.74, 6) is -0.347. The van der Waals surface area contributed by atoms with Crippen molar-refractivity contribution in [2.75, 3.05) is 0 Å². The van der Waals surface area contributed by atoms with E-state index in [1.165, 1.54) is 11.6 Å². The van der Waals surface area contributed by atoms with Crippen LogP contribution in [0.15, 0.2) is 29.8 Å². The van der Waals surface area contributed by atoms with E-state index in [2.05, 4.69) is 6.08 Å². The number of halogens is 2. The molecular weight excluding hydrogens is 225 g/mol. The van der Waals surface area contributed by atoms with Crippen LogP contribution in [0, 0.1) is 5.82 Å². The van der Waals surface area contributed by atoms with Crippen LogP contribution in [0.5, 0.6) is 0 Å². The van der Waals surface area contributed by atoms with Crippen LogP contribution < -0.4 is 5.73 Å². The van der Waals surface area contributed by atoms with Crippen LogP contribution in [-0.2, 0) is 6.42 Å². The van der Waals surface area contributed by atoms with Crippen LogP contribution in [0.4, 0.5) is 4.39 Å². The molecule has 2 rings (SSSR count). The van der Waals surface area contributed by atoms with E-state index in [1.807, 2.05) is 6.07 Å². The molecule has 0 saturated heterocycles. The van der Waals surface area contributed by atoms with E-state index in [4.69, 9.17) is 17.3 Å². The molecular formula is C13H15ClFN. The third-order valence-electron chi connectivity index (χ3n) is 2.93. The van der Waals surface area contributed by atoms with Gasteiger partial charge >= 0.3 is 0 Å². The predicted octanol–water partition coefficient (Wildman–Crippen LogP) is 3.46. The van der Waals surface area contributed by atoms with Gasteiger partial charge in [-0.1, -0.05) is 35.4 Å². The van der Waals surface area contributed by atoms with Crippen LogP contribution in [0.2, 0.25) is 5.02 Å². The average Bonchev–Trinajstić information content (AvgIpc) is 2.25. The Hall–Kier alpha value is -0.860. The molecule has 0 saturated carbocycles. The van der Waals surface area contributed by atoms with Gasteiger partial charge < -0.3 is 5.73 Å². The normalized spacial score (nSPS) is 20.7. The minimum atomic E-state index is -0.347. The molecule has 1 aromatic carbocycles. The van der Waals surface area contributed by atoms with Crippen molar-refractivity contribution in [2.24, 2.45) is 5.73 Å². The highest BCUT2D eigenvalue weighted by Crippen LogP contribution is 2.26. The third-order valence-corrected chi connectivity index (χ3v) is 3.36. The average molecular weight is 240 g/mol. The highest BCUT2D eigenvalue weighted by atomic mass is 35.5. The predicted molar refractivity (Wildman–Crippen MR) is 65.0 cm³/mol. The maximum atomic E-state index is 13.2. The highest BCUT2D eigenvalue weighted by molar-refractivity contribution is 6.31. The molecule has 0 amide bonds. The first-order chi connectivity index (χ1) is 7.66. The van der Waals surface area contributed by atoms with Gasteiger partial charge in [-0.05, 0) is 37.3 Å². The van der Waals surface area contributed by atoms with E-state index in [9.17, 15) is 4.39 Å². The van der Waals surface area contributed by atoms with Crippen LogP contribution in [0.1, 0.15) is 24.8 Å². The van der Waals surface area contributed by atoms with Crippen molar-refractivity contribution in [3.05, 3.63) is 46.3 Å². The molecule has 16 heavy (non-hydrogen) atoms. The van der Waals surface area contributed by atoms with Gasteiger partial charge in [0.05, 0.1) is 5.02 Å². The Morgan fingerprint density at radius 1 is 1.44 bits per heavy atom. The molecule has 0 aromatic heterocycles. The fourth-order valence-electron chi connectivity index (χ4n) is 2.11. The Kier molecular flexibility index (Phi) is 3.62. The third kappa shape index (κ3) is 2.63. The van der Waals surface area contributed by atoms with Crippen LogP contribution >= 0.6 is 11.6 Å². The summed E-state index contributed by atoms with van der Waals surface area (Å²) in [6, 6.07) is 5.09. The van der Waals surface area contributed by atoms with E-state index in [0.29, 0.717) is 6.42 Å². The number of hydrogen-bond acceptors (Lipinski definition) is 1. The molecule has 0 heterocycles. The second-order valence-electron chi connectivity index (χ2n) is 4.27. The minimum absolute atomic E-state index is 0.149. The summed E-state index contributed by atoms with van der Waals surface area (Å²) < 4.78 is 13.2. The van der Waals surface area contributed by atoms with Gasteiger partial charge in [-0.3, -0.25) is 0 Å². The van der Waals surface area contributed by atoms with Gasteiger partial charge in [0, 0.05) is 6.04 Å². The summed E-state index contributed by atoms with van der Waals surface area (Å²) in [7, 11) is 0. The van der Waals surface area contributed by atoms with Crippen molar-refractivity contribution in [3.8, 4) is 0 Å².